The van der Waals surface area contributed by atoms with E-state index in [1.807, 2.05) is 43.3 Å². The van der Waals surface area contributed by atoms with Crippen LogP contribution in [0.3, 0.4) is 0 Å². The van der Waals surface area contributed by atoms with Crippen LogP contribution in [0, 0.1) is 6.92 Å². The van der Waals surface area contributed by atoms with Crippen LogP contribution in [-0.4, -0.2) is 22.0 Å². The van der Waals surface area contributed by atoms with Crippen LogP contribution in [0.25, 0.3) is 32.8 Å². The van der Waals surface area contributed by atoms with Crippen LogP contribution in [0.2, 0.25) is 0 Å². The van der Waals surface area contributed by atoms with E-state index < -0.39 is 11.7 Å². The Labute approximate surface area is 193 Å². The minimum absolute atomic E-state index is 0.0696. The molecule has 3 aromatic carbocycles. The number of aromatic nitrogens is 3. The van der Waals surface area contributed by atoms with Gasteiger partial charge >= 0.3 is 6.18 Å². The fraction of sp³-hybridized carbons (Fsp3) is 0.115. The summed E-state index contributed by atoms with van der Waals surface area (Å²) in [6.45, 7) is 2.01. The number of alkyl halides is 3. The van der Waals surface area contributed by atoms with Gasteiger partial charge in [0.1, 0.15) is 5.75 Å². The SMILES string of the molecule is CNc1ncc2cc(-c3c(C)ccc4c(Oc5cccc(C(F)(F)F)c5)nccc34)ccc2n1. The lowest BCUT2D eigenvalue weighted by Gasteiger charge is -2.14. The molecule has 34 heavy (non-hydrogen) atoms. The predicted molar refractivity (Wildman–Crippen MR) is 126 cm³/mol. The molecule has 5 nitrogen and oxygen atoms in total. The summed E-state index contributed by atoms with van der Waals surface area (Å²) in [5, 5.41) is 5.40. The number of aryl methyl sites for hydroxylation is 1. The van der Waals surface area contributed by atoms with Crippen molar-refractivity contribution < 1.29 is 17.9 Å². The van der Waals surface area contributed by atoms with Crippen molar-refractivity contribution in [2.45, 2.75) is 13.1 Å². The zero-order valence-electron chi connectivity index (χ0n) is 18.3. The van der Waals surface area contributed by atoms with Gasteiger partial charge in [0.25, 0.3) is 0 Å². The van der Waals surface area contributed by atoms with Gasteiger partial charge in [0.15, 0.2) is 0 Å². The highest BCUT2D eigenvalue weighted by Gasteiger charge is 2.30. The number of benzene rings is 3. The highest BCUT2D eigenvalue weighted by molar-refractivity contribution is 6.02. The molecule has 0 aliphatic carbocycles. The number of fused-ring (bicyclic) bond motifs is 2. The Morgan fingerprint density at radius 3 is 2.56 bits per heavy atom. The molecule has 0 aliphatic rings. The molecule has 8 heteroatoms. The summed E-state index contributed by atoms with van der Waals surface area (Å²) in [6.07, 6.45) is -1.09. The smallest absolute Gasteiger partial charge is 0.416 e. The minimum Gasteiger partial charge on any atom is -0.438 e. The van der Waals surface area contributed by atoms with Gasteiger partial charge in [-0.3, -0.25) is 0 Å². The molecule has 0 aliphatic heterocycles. The minimum atomic E-state index is -4.45. The number of anilines is 1. The third kappa shape index (κ3) is 3.98. The van der Waals surface area contributed by atoms with Gasteiger partial charge in [-0.2, -0.15) is 13.2 Å². The molecule has 1 N–H and O–H groups in total. The van der Waals surface area contributed by atoms with Crippen molar-refractivity contribution in [1.29, 1.82) is 0 Å². The van der Waals surface area contributed by atoms with Gasteiger partial charge in [-0.1, -0.05) is 18.2 Å². The van der Waals surface area contributed by atoms with E-state index in [2.05, 4.69) is 20.3 Å². The normalized spacial score (nSPS) is 11.7. The van der Waals surface area contributed by atoms with Gasteiger partial charge < -0.3 is 10.1 Å². The lowest BCUT2D eigenvalue weighted by molar-refractivity contribution is -0.137. The lowest BCUT2D eigenvalue weighted by Crippen LogP contribution is -2.04. The third-order valence-corrected chi connectivity index (χ3v) is 5.59. The largest absolute Gasteiger partial charge is 0.438 e. The standard InChI is InChI=1S/C26H19F3N4O/c1-15-6-8-21-20(23(15)16-7-9-22-17(12-16)14-32-25(30-2)33-22)10-11-31-24(21)34-19-5-3-4-18(13-19)26(27,28)29/h3-14H,1-2H3,(H,30,32,33). The highest BCUT2D eigenvalue weighted by atomic mass is 19.4. The zero-order chi connectivity index (χ0) is 23.9. The van der Waals surface area contributed by atoms with Crippen molar-refractivity contribution in [3.8, 4) is 22.8 Å². The molecule has 170 valence electrons. The Kier molecular flexibility index (Phi) is 5.28. The monoisotopic (exact) mass is 460 g/mol. The average Bonchev–Trinajstić information content (AvgIpc) is 2.83. The molecular formula is C26H19F3N4O. The van der Waals surface area contributed by atoms with Crippen molar-refractivity contribution in [2.24, 2.45) is 0 Å². The van der Waals surface area contributed by atoms with Crippen molar-refractivity contribution >= 4 is 27.6 Å². The Bertz CT molecular complexity index is 1530. The number of hydrogen-bond donors (Lipinski definition) is 1. The Hall–Kier alpha value is -4.20. The van der Waals surface area contributed by atoms with Crippen LogP contribution < -0.4 is 10.1 Å². The number of rotatable bonds is 4. The van der Waals surface area contributed by atoms with Crippen LogP contribution in [0.4, 0.5) is 19.1 Å². The van der Waals surface area contributed by atoms with Gasteiger partial charge in [0.05, 0.1) is 11.1 Å². The van der Waals surface area contributed by atoms with Crippen LogP contribution >= 0.6 is 0 Å². The summed E-state index contributed by atoms with van der Waals surface area (Å²) in [4.78, 5) is 13.1. The molecule has 0 saturated heterocycles. The molecule has 0 fully saturated rings. The molecule has 5 aromatic rings. The average molecular weight is 460 g/mol. The topological polar surface area (TPSA) is 59.9 Å². The van der Waals surface area contributed by atoms with Gasteiger partial charge in [-0.15, -0.1) is 0 Å². The van der Waals surface area contributed by atoms with Gasteiger partial charge in [0.2, 0.25) is 11.8 Å². The van der Waals surface area contributed by atoms with Crippen molar-refractivity contribution in [3.05, 3.63) is 84.2 Å². The molecule has 5 rings (SSSR count). The maximum Gasteiger partial charge on any atom is 0.416 e. The third-order valence-electron chi connectivity index (χ3n) is 5.59. The molecule has 2 aromatic heterocycles. The van der Waals surface area contributed by atoms with E-state index in [0.717, 1.165) is 45.1 Å². The van der Waals surface area contributed by atoms with E-state index in [1.165, 1.54) is 12.1 Å². The number of halogens is 3. The zero-order valence-corrected chi connectivity index (χ0v) is 18.3. The predicted octanol–water partition coefficient (Wildman–Crippen LogP) is 7.01. The number of pyridine rings is 1. The number of nitrogens with zero attached hydrogens (tertiary/aromatic N) is 3. The van der Waals surface area contributed by atoms with E-state index in [1.54, 1.807) is 19.4 Å². The molecule has 0 spiro atoms. The second-order valence-corrected chi connectivity index (χ2v) is 7.81. The maximum atomic E-state index is 13.1. The first-order valence-corrected chi connectivity index (χ1v) is 10.5. The summed E-state index contributed by atoms with van der Waals surface area (Å²) in [7, 11) is 1.77. The molecule has 0 saturated carbocycles. The number of nitrogens with one attached hydrogen (secondary N) is 1. The second kappa shape index (κ2) is 8.30. The molecule has 0 amide bonds. The number of hydrogen-bond acceptors (Lipinski definition) is 5. The van der Waals surface area contributed by atoms with Crippen molar-refractivity contribution in [2.75, 3.05) is 12.4 Å². The van der Waals surface area contributed by atoms with Crippen LogP contribution in [0.5, 0.6) is 11.6 Å². The fourth-order valence-corrected chi connectivity index (χ4v) is 3.96. The van der Waals surface area contributed by atoms with Crippen LogP contribution in [0.15, 0.2) is 73.1 Å². The van der Waals surface area contributed by atoms with Gasteiger partial charge in [-0.05, 0) is 71.5 Å². The fourth-order valence-electron chi connectivity index (χ4n) is 3.96. The first kappa shape index (κ1) is 21.6. The Morgan fingerprint density at radius 2 is 1.76 bits per heavy atom. The molecule has 0 atom stereocenters. The molecule has 0 radical (unpaired) electrons. The summed E-state index contributed by atoms with van der Waals surface area (Å²) < 4.78 is 45.2. The maximum absolute atomic E-state index is 13.1. The first-order chi connectivity index (χ1) is 16.3. The van der Waals surface area contributed by atoms with Gasteiger partial charge in [0, 0.05) is 30.2 Å². The summed E-state index contributed by atoms with van der Waals surface area (Å²) in [6, 6.07) is 16.4. The van der Waals surface area contributed by atoms with Crippen LogP contribution in [0.1, 0.15) is 11.1 Å². The molecule has 0 unspecified atom stereocenters. The van der Waals surface area contributed by atoms with E-state index >= 15 is 0 Å². The van der Waals surface area contributed by atoms with Crippen LogP contribution in [-0.2, 0) is 6.18 Å². The molecular weight excluding hydrogens is 441 g/mol. The van der Waals surface area contributed by atoms with Gasteiger partial charge in [-0.25, -0.2) is 15.0 Å². The Balaban J connectivity index is 1.61. The quantitative estimate of drug-likeness (QED) is 0.313. The number of ether oxygens (including phenoxy) is 1. The Morgan fingerprint density at radius 1 is 0.912 bits per heavy atom. The first-order valence-electron chi connectivity index (χ1n) is 10.5. The molecule has 0 bridgehead atoms. The van der Waals surface area contributed by atoms with Crippen molar-refractivity contribution in [3.63, 3.8) is 0 Å². The van der Waals surface area contributed by atoms with E-state index in [4.69, 9.17) is 4.74 Å². The van der Waals surface area contributed by atoms with E-state index in [0.29, 0.717) is 11.3 Å². The van der Waals surface area contributed by atoms with Crippen molar-refractivity contribution in [1.82, 2.24) is 15.0 Å². The molecule has 2 heterocycles. The highest BCUT2D eigenvalue weighted by Crippen LogP contribution is 2.38. The lowest BCUT2D eigenvalue weighted by atomic mass is 9.94. The summed E-state index contributed by atoms with van der Waals surface area (Å²) in [5.41, 5.74) is 3.02. The van der Waals surface area contributed by atoms with E-state index in [9.17, 15) is 13.2 Å². The van der Waals surface area contributed by atoms with E-state index in [-0.39, 0.29) is 11.6 Å². The second-order valence-electron chi connectivity index (χ2n) is 7.81. The summed E-state index contributed by atoms with van der Waals surface area (Å²) in [5.74, 6) is 0.852. The summed E-state index contributed by atoms with van der Waals surface area (Å²) >= 11 is 0.